The van der Waals surface area contributed by atoms with Crippen LogP contribution in [0.2, 0.25) is 5.02 Å². The third-order valence-corrected chi connectivity index (χ3v) is 7.81. The largest absolute Gasteiger partial charge is 0.386 e. The van der Waals surface area contributed by atoms with Gasteiger partial charge in [0.05, 0.1) is 22.6 Å². The van der Waals surface area contributed by atoms with Crippen LogP contribution in [0.15, 0.2) is 24.5 Å². The molecule has 2 fully saturated rings. The normalized spacial score (nSPS) is 27.6. The number of anilines is 1. The summed E-state index contributed by atoms with van der Waals surface area (Å²) in [6, 6.07) is 4.01. The Balaban J connectivity index is 1.47. The smallest absolute Gasteiger partial charge is 0.274 e. The van der Waals surface area contributed by atoms with E-state index in [0.717, 1.165) is 12.8 Å². The average molecular weight is 504 g/mol. The van der Waals surface area contributed by atoms with Crippen LogP contribution in [-0.4, -0.2) is 47.6 Å². The van der Waals surface area contributed by atoms with Gasteiger partial charge in [-0.05, 0) is 76.5 Å². The fraction of sp³-hybridized carbons (Fsp3) is 0.538. The van der Waals surface area contributed by atoms with Gasteiger partial charge in [0.1, 0.15) is 17.1 Å². The number of rotatable bonds is 4. The van der Waals surface area contributed by atoms with Crippen LogP contribution in [0.1, 0.15) is 68.6 Å². The minimum Gasteiger partial charge on any atom is -0.386 e. The molecule has 3 unspecified atom stereocenters. The number of nitrogens with one attached hydrogen (secondary N) is 1. The van der Waals surface area contributed by atoms with E-state index in [0.29, 0.717) is 29.9 Å². The van der Waals surface area contributed by atoms with E-state index in [9.17, 15) is 24.5 Å². The van der Waals surface area contributed by atoms with E-state index in [1.54, 1.807) is 17.9 Å². The number of halogens is 2. The second kappa shape index (κ2) is 8.90. The minimum atomic E-state index is -1.64. The van der Waals surface area contributed by atoms with Gasteiger partial charge in [-0.3, -0.25) is 4.79 Å². The molecule has 35 heavy (non-hydrogen) atoms. The highest BCUT2D eigenvalue weighted by molar-refractivity contribution is 6.31. The first-order valence-corrected chi connectivity index (χ1v) is 12.1. The molecular formula is C26H31ClFN3O4. The monoisotopic (exact) mass is 503 g/mol. The van der Waals surface area contributed by atoms with Crippen molar-refractivity contribution in [1.29, 1.82) is 0 Å². The third-order valence-electron chi connectivity index (χ3n) is 7.52. The Morgan fingerprint density at radius 2 is 1.89 bits per heavy atom. The maximum absolute atomic E-state index is 13.5. The number of aryl methyl sites for hydroxylation is 1. The molecule has 1 heterocycles. The van der Waals surface area contributed by atoms with E-state index in [-0.39, 0.29) is 28.7 Å². The quantitative estimate of drug-likeness (QED) is 0.477. The van der Waals surface area contributed by atoms with Crippen LogP contribution in [0.5, 0.6) is 0 Å². The lowest BCUT2D eigenvalue weighted by Gasteiger charge is -2.31. The van der Waals surface area contributed by atoms with Gasteiger partial charge in [-0.1, -0.05) is 23.4 Å². The zero-order valence-corrected chi connectivity index (χ0v) is 21.0. The predicted molar refractivity (Wildman–Crippen MR) is 130 cm³/mol. The summed E-state index contributed by atoms with van der Waals surface area (Å²) in [6.07, 6.45) is 4.06. The molecule has 2 aliphatic rings. The van der Waals surface area contributed by atoms with Gasteiger partial charge in [0.25, 0.3) is 5.91 Å². The van der Waals surface area contributed by atoms with Gasteiger partial charge in [0.2, 0.25) is 0 Å². The molecule has 3 atom stereocenters. The van der Waals surface area contributed by atoms with Gasteiger partial charge in [-0.2, -0.15) is 0 Å². The first kappa shape index (κ1) is 25.6. The number of benzene rings is 1. The molecule has 0 spiro atoms. The Morgan fingerprint density at radius 1 is 1.26 bits per heavy atom. The number of imidazole rings is 1. The Labute approximate surface area is 209 Å². The molecule has 0 bridgehead atoms. The minimum absolute atomic E-state index is 0.0562. The number of aromatic nitrogens is 2. The average Bonchev–Trinajstić information content (AvgIpc) is 3.39. The third kappa shape index (κ3) is 5.10. The molecule has 1 aromatic heterocycles. The zero-order chi connectivity index (χ0) is 25.8. The van der Waals surface area contributed by atoms with Crippen molar-refractivity contribution in [1.82, 2.24) is 9.55 Å². The predicted octanol–water partition coefficient (Wildman–Crippen LogP) is 3.62. The van der Waals surface area contributed by atoms with Crippen molar-refractivity contribution in [3.05, 3.63) is 46.8 Å². The second-order valence-corrected chi connectivity index (χ2v) is 11.1. The molecule has 2 aliphatic carbocycles. The molecule has 9 heteroatoms. The number of carbonyl (C=O) groups is 1. The summed E-state index contributed by atoms with van der Waals surface area (Å²) >= 11 is 5.84. The van der Waals surface area contributed by atoms with Crippen LogP contribution in [0.4, 0.5) is 10.1 Å². The van der Waals surface area contributed by atoms with Crippen molar-refractivity contribution in [2.75, 3.05) is 5.32 Å². The van der Waals surface area contributed by atoms with E-state index >= 15 is 0 Å². The highest BCUT2D eigenvalue weighted by atomic mass is 35.5. The van der Waals surface area contributed by atoms with Crippen LogP contribution in [0.25, 0.3) is 0 Å². The van der Waals surface area contributed by atoms with Crippen molar-refractivity contribution in [3.8, 4) is 11.8 Å². The molecule has 2 aromatic rings. The Kier molecular flexibility index (Phi) is 6.52. The number of amides is 1. The van der Waals surface area contributed by atoms with Gasteiger partial charge in [-0.25, -0.2) is 9.37 Å². The number of aliphatic hydroxyl groups is 3. The highest BCUT2D eigenvalue weighted by Crippen LogP contribution is 2.53. The van der Waals surface area contributed by atoms with Crippen LogP contribution in [0, 0.1) is 29.5 Å². The summed E-state index contributed by atoms with van der Waals surface area (Å²) in [7, 11) is 1.75. The molecule has 1 amide bonds. The second-order valence-electron chi connectivity index (χ2n) is 10.7. The summed E-state index contributed by atoms with van der Waals surface area (Å²) in [5.41, 5.74) is -2.76. The van der Waals surface area contributed by atoms with Crippen molar-refractivity contribution in [2.45, 2.75) is 69.2 Å². The zero-order valence-electron chi connectivity index (χ0n) is 20.3. The van der Waals surface area contributed by atoms with Gasteiger partial charge >= 0.3 is 0 Å². The highest BCUT2D eigenvalue weighted by Gasteiger charge is 2.49. The molecule has 7 nitrogen and oxygen atoms in total. The SMILES string of the molecule is Cn1cnc(C2CC3CC(O)(C#CC(C)(O)C(C)(C)O)CC3C2)c1C(=O)Nc1ccc(F)c(Cl)c1. The first-order valence-electron chi connectivity index (χ1n) is 11.7. The first-order chi connectivity index (χ1) is 16.2. The Bertz CT molecular complexity index is 1190. The fourth-order valence-electron chi connectivity index (χ4n) is 5.17. The summed E-state index contributed by atoms with van der Waals surface area (Å²) in [4.78, 5) is 17.6. The van der Waals surface area contributed by atoms with Crippen molar-refractivity contribution >= 4 is 23.2 Å². The van der Waals surface area contributed by atoms with E-state index in [2.05, 4.69) is 22.1 Å². The molecular weight excluding hydrogens is 473 g/mol. The van der Waals surface area contributed by atoms with Gasteiger partial charge in [0.15, 0.2) is 5.60 Å². The summed E-state index contributed by atoms with van der Waals surface area (Å²) in [5.74, 6) is 5.07. The Morgan fingerprint density at radius 3 is 2.46 bits per heavy atom. The molecule has 1 aromatic carbocycles. The molecule has 2 saturated carbocycles. The number of hydrogen-bond donors (Lipinski definition) is 4. The van der Waals surface area contributed by atoms with Gasteiger partial charge in [0, 0.05) is 18.7 Å². The van der Waals surface area contributed by atoms with Crippen molar-refractivity contribution in [3.63, 3.8) is 0 Å². The van der Waals surface area contributed by atoms with Crippen molar-refractivity contribution in [2.24, 2.45) is 18.9 Å². The maximum atomic E-state index is 13.5. The fourth-order valence-corrected chi connectivity index (χ4v) is 5.35. The standard InChI is InChI=1S/C26H31ClFN3O4/c1-24(2,33)25(3,34)7-8-26(35)12-16-9-15(10-17(16)13-26)21-22(31(4)14-29-21)23(32)30-18-5-6-20(28)19(27)11-18/h5-6,11,14-17,33-35H,9-10,12-13H2,1-4H3,(H,30,32). The summed E-state index contributed by atoms with van der Waals surface area (Å²) < 4.78 is 15.1. The lowest BCUT2D eigenvalue weighted by Crippen LogP contribution is -2.46. The van der Waals surface area contributed by atoms with Gasteiger partial charge < -0.3 is 25.2 Å². The van der Waals surface area contributed by atoms with E-state index in [1.807, 2.05) is 0 Å². The Hall–Kier alpha value is -2.44. The molecule has 0 aliphatic heterocycles. The van der Waals surface area contributed by atoms with Crippen molar-refractivity contribution < 1.29 is 24.5 Å². The number of fused-ring (bicyclic) bond motifs is 1. The summed E-state index contributed by atoms with van der Waals surface area (Å²) in [5, 5.41) is 34.3. The number of nitrogens with zero attached hydrogens (tertiary/aromatic N) is 2. The molecule has 4 N–H and O–H groups in total. The summed E-state index contributed by atoms with van der Waals surface area (Å²) in [6.45, 7) is 4.39. The van der Waals surface area contributed by atoms with Crippen LogP contribution in [-0.2, 0) is 7.05 Å². The van der Waals surface area contributed by atoms with Gasteiger partial charge in [-0.15, -0.1) is 0 Å². The molecule has 0 saturated heterocycles. The lowest BCUT2D eigenvalue weighted by atomic mass is 9.86. The number of carbonyl (C=O) groups excluding carboxylic acids is 1. The molecule has 0 radical (unpaired) electrons. The van der Waals surface area contributed by atoms with E-state index in [4.69, 9.17) is 11.6 Å². The molecule has 188 valence electrons. The topological polar surface area (TPSA) is 108 Å². The lowest BCUT2D eigenvalue weighted by molar-refractivity contribution is -0.0824. The molecule has 4 rings (SSSR count). The maximum Gasteiger partial charge on any atom is 0.274 e. The van der Waals surface area contributed by atoms with Crippen LogP contribution < -0.4 is 5.32 Å². The van der Waals surface area contributed by atoms with E-state index < -0.39 is 22.6 Å². The van der Waals surface area contributed by atoms with Crippen LogP contribution >= 0.6 is 11.6 Å². The van der Waals surface area contributed by atoms with E-state index in [1.165, 1.54) is 39.0 Å². The van der Waals surface area contributed by atoms with Crippen LogP contribution in [0.3, 0.4) is 0 Å². The number of hydrogen-bond acceptors (Lipinski definition) is 5.